The molecule has 1 aromatic carbocycles. The van der Waals surface area contributed by atoms with E-state index < -0.39 is 28.9 Å². The number of hydrogen-bond donors (Lipinski definition) is 1. The lowest BCUT2D eigenvalue weighted by molar-refractivity contribution is -0.569. The zero-order valence-corrected chi connectivity index (χ0v) is 27.4. The number of anilines is 1. The van der Waals surface area contributed by atoms with E-state index in [1.807, 2.05) is 34.6 Å². The second-order valence-corrected chi connectivity index (χ2v) is 13.2. The number of carbonyl (C=O) groups excluding carboxylic acids is 1. The van der Waals surface area contributed by atoms with Crippen molar-refractivity contribution in [2.24, 2.45) is 0 Å². The van der Waals surface area contributed by atoms with E-state index in [4.69, 9.17) is 4.74 Å². The van der Waals surface area contributed by atoms with Gasteiger partial charge in [0.2, 0.25) is 0 Å². The number of rotatable bonds is 5. The molecule has 4 aromatic rings. The summed E-state index contributed by atoms with van der Waals surface area (Å²) in [5.74, 6) is -1.44. The molecule has 3 aromatic heterocycles. The number of phenols is 1. The van der Waals surface area contributed by atoms with Gasteiger partial charge in [0.1, 0.15) is 23.1 Å². The molecule has 0 aliphatic carbocycles. The van der Waals surface area contributed by atoms with Gasteiger partial charge in [-0.25, -0.2) is 28.7 Å². The molecular formula is C33H40FN7O5. The van der Waals surface area contributed by atoms with E-state index in [0.717, 1.165) is 0 Å². The fourth-order valence-electron chi connectivity index (χ4n) is 5.82. The molecular weight excluding hydrogens is 593 g/mol. The molecule has 0 spiro atoms. The van der Waals surface area contributed by atoms with Crippen molar-refractivity contribution in [3.63, 3.8) is 0 Å². The Bertz CT molecular complexity index is 1840. The molecule has 1 aliphatic heterocycles. The summed E-state index contributed by atoms with van der Waals surface area (Å²) in [5.41, 5.74) is -0.775. The largest absolute Gasteiger partial charge is 0.710 e. The smallest absolute Gasteiger partial charge is 0.442 e. The molecule has 1 saturated heterocycles. The van der Waals surface area contributed by atoms with Crippen molar-refractivity contribution in [3.8, 4) is 22.7 Å². The van der Waals surface area contributed by atoms with Crippen LogP contribution in [0.25, 0.3) is 28.0 Å². The van der Waals surface area contributed by atoms with Crippen LogP contribution in [0.15, 0.2) is 41.5 Å². The van der Waals surface area contributed by atoms with Gasteiger partial charge < -0.3 is 24.9 Å². The lowest BCUT2D eigenvalue weighted by Crippen LogP contribution is -2.55. The zero-order chi connectivity index (χ0) is 33.7. The van der Waals surface area contributed by atoms with E-state index >= 15 is 4.39 Å². The molecule has 1 fully saturated rings. The van der Waals surface area contributed by atoms with Crippen molar-refractivity contribution in [1.29, 1.82) is 0 Å². The highest BCUT2D eigenvalue weighted by Gasteiger charge is 2.36. The van der Waals surface area contributed by atoms with Crippen molar-refractivity contribution < 1.29 is 23.8 Å². The minimum Gasteiger partial charge on any atom is -0.710 e. The Morgan fingerprint density at radius 2 is 1.74 bits per heavy atom. The first kappa shape index (κ1) is 32.6. The summed E-state index contributed by atoms with van der Waals surface area (Å²) in [6.07, 6.45) is 0.961. The zero-order valence-electron chi connectivity index (χ0n) is 27.4. The Hall–Kier alpha value is -4.81. The van der Waals surface area contributed by atoms with Crippen LogP contribution >= 0.6 is 0 Å². The van der Waals surface area contributed by atoms with Crippen LogP contribution in [-0.2, 0) is 4.74 Å². The number of para-hydroxylation sites is 1. The minimum atomic E-state index is -0.908. The molecule has 1 N–H and O–H groups in total. The number of fused-ring (bicyclic) bond motifs is 1. The van der Waals surface area contributed by atoms with E-state index in [2.05, 4.69) is 15.0 Å². The molecule has 46 heavy (non-hydrogen) atoms. The predicted molar refractivity (Wildman–Crippen MR) is 172 cm³/mol. The lowest BCUT2D eigenvalue weighted by atomic mass is 10.0. The summed E-state index contributed by atoms with van der Waals surface area (Å²) in [4.78, 5) is 43.8. The van der Waals surface area contributed by atoms with Crippen molar-refractivity contribution >= 4 is 22.9 Å². The molecule has 244 valence electrons. The van der Waals surface area contributed by atoms with Gasteiger partial charge in [-0.1, -0.05) is 39.8 Å². The maximum absolute atomic E-state index is 16.1. The van der Waals surface area contributed by atoms with Gasteiger partial charge in [-0.3, -0.25) is 0 Å². The standard InChI is InChI=1S/C33H40FN7O5/c1-18(2)25-28(26(19(3)4)36-17-35-25)40-30-22(15-23(34)27(41(30)45)21-11-9-10-12-24(21)42)29(37-31(40)43)39-14-13-38(16-20(39)5)32(44)46-33(6,7)8/h9-12,15,17-20,42H,13-14,16H2,1-8H3/t20-/m0/s1. The number of hydrogen-bond acceptors (Lipinski definition) is 9. The highest BCUT2D eigenvalue weighted by atomic mass is 19.1. The van der Waals surface area contributed by atoms with Crippen LogP contribution in [0.1, 0.15) is 78.6 Å². The normalized spacial score (nSPS) is 15.7. The van der Waals surface area contributed by atoms with E-state index in [9.17, 15) is 19.9 Å². The van der Waals surface area contributed by atoms with Crippen molar-refractivity contribution in [3.05, 3.63) is 69.6 Å². The van der Waals surface area contributed by atoms with Crippen LogP contribution in [0.5, 0.6) is 5.75 Å². The second-order valence-electron chi connectivity index (χ2n) is 13.2. The van der Waals surface area contributed by atoms with E-state index in [0.29, 0.717) is 21.8 Å². The maximum atomic E-state index is 16.1. The molecule has 0 radical (unpaired) electrons. The van der Waals surface area contributed by atoms with Crippen molar-refractivity contribution in [1.82, 2.24) is 24.4 Å². The van der Waals surface area contributed by atoms with E-state index in [-0.39, 0.29) is 65.7 Å². The fraction of sp³-hybridized carbons (Fsp3) is 0.455. The number of halogens is 1. The Labute approximate surface area is 266 Å². The lowest BCUT2D eigenvalue weighted by Gasteiger charge is -2.40. The van der Waals surface area contributed by atoms with Crippen LogP contribution in [0.2, 0.25) is 0 Å². The molecule has 1 aliphatic rings. The topological polar surface area (TPSA) is 141 Å². The van der Waals surface area contributed by atoms with Gasteiger partial charge in [0.15, 0.2) is 23.0 Å². The third kappa shape index (κ3) is 5.93. The molecule has 4 heterocycles. The summed E-state index contributed by atoms with van der Waals surface area (Å²) in [6, 6.07) is 6.73. The number of benzene rings is 1. The Morgan fingerprint density at radius 3 is 2.30 bits per heavy atom. The predicted octanol–water partition coefficient (Wildman–Crippen LogP) is 5.01. The number of amides is 1. The van der Waals surface area contributed by atoms with E-state index in [1.165, 1.54) is 29.1 Å². The Morgan fingerprint density at radius 1 is 1.11 bits per heavy atom. The molecule has 1 atom stereocenters. The van der Waals surface area contributed by atoms with Crippen LogP contribution < -0.4 is 15.3 Å². The van der Waals surface area contributed by atoms with Crippen LogP contribution in [0, 0.1) is 11.0 Å². The second kappa shape index (κ2) is 12.2. The highest BCUT2D eigenvalue weighted by molar-refractivity contribution is 5.88. The minimum absolute atomic E-state index is 0.0360. The number of ether oxygens (including phenoxy) is 1. The highest BCUT2D eigenvalue weighted by Crippen LogP contribution is 2.35. The summed E-state index contributed by atoms with van der Waals surface area (Å²) in [6.45, 7) is 15.6. The molecule has 12 nitrogen and oxygen atoms in total. The van der Waals surface area contributed by atoms with Gasteiger partial charge in [0.25, 0.3) is 0 Å². The number of aromatic nitrogens is 5. The van der Waals surface area contributed by atoms with Crippen molar-refractivity contribution in [2.75, 3.05) is 24.5 Å². The SMILES string of the molecule is CC(C)c1ncnc(C(C)C)c1-n1c(=O)nc(N2CCN(C(=O)OC(C)(C)C)C[C@@H]2C)c2cc(F)c(-c3ccccc3O)[n+]([O-])c21. The average molecular weight is 634 g/mol. The molecule has 1 amide bonds. The molecule has 0 unspecified atom stereocenters. The molecule has 0 bridgehead atoms. The summed E-state index contributed by atoms with van der Waals surface area (Å²) >= 11 is 0. The first-order chi connectivity index (χ1) is 21.6. The monoisotopic (exact) mass is 633 g/mol. The van der Waals surface area contributed by atoms with Crippen LogP contribution in [0.4, 0.5) is 15.0 Å². The summed E-state index contributed by atoms with van der Waals surface area (Å²) in [7, 11) is 0. The number of aromatic hydroxyl groups is 1. The fourth-order valence-corrected chi connectivity index (χ4v) is 5.82. The first-order valence-corrected chi connectivity index (χ1v) is 15.4. The number of phenolic OH excluding ortho intramolecular Hbond substituents is 1. The van der Waals surface area contributed by atoms with Crippen LogP contribution in [-0.4, -0.2) is 66.9 Å². The van der Waals surface area contributed by atoms with Crippen molar-refractivity contribution in [2.45, 2.75) is 78.9 Å². The third-order valence-electron chi connectivity index (χ3n) is 7.89. The summed E-state index contributed by atoms with van der Waals surface area (Å²) in [5, 5.41) is 25.2. The number of pyridine rings is 1. The van der Waals surface area contributed by atoms with Gasteiger partial charge in [-0.15, -0.1) is 4.57 Å². The molecule has 5 rings (SSSR count). The Kier molecular flexibility index (Phi) is 8.63. The van der Waals surface area contributed by atoms with Crippen LogP contribution in [0.3, 0.4) is 0 Å². The van der Waals surface area contributed by atoms with Gasteiger partial charge >= 0.3 is 17.4 Å². The quantitative estimate of drug-likeness (QED) is 0.237. The van der Waals surface area contributed by atoms with Gasteiger partial charge in [0, 0.05) is 25.7 Å². The van der Waals surface area contributed by atoms with Gasteiger partial charge in [-0.05, 0) is 57.7 Å². The van der Waals surface area contributed by atoms with E-state index in [1.54, 1.807) is 42.7 Å². The van der Waals surface area contributed by atoms with Gasteiger partial charge in [-0.2, -0.15) is 4.98 Å². The van der Waals surface area contributed by atoms with Gasteiger partial charge in [0.05, 0.1) is 17.0 Å². The third-order valence-corrected chi connectivity index (χ3v) is 7.89. The maximum Gasteiger partial charge on any atom is 0.442 e. The Balaban J connectivity index is 1.80. The molecule has 0 saturated carbocycles. The number of nitrogens with zero attached hydrogens (tertiary/aromatic N) is 7. The average Bonchev–Trinajstić information content (AvgIpc) is 2.97. The number of carbonyl (C=O) groups is 1. The molecule has 13 heteroatoms. The summed E-state index contributed by atoms with van der Waals surface area (Å²) < 4.78 is 23.2. The number of piperazine rings is 1. The first-order valence-electron chi connectivity index (χ1n) is 15.4.